The summed E-state index contributed by atoms with van der Waals surface area (Å²) < 4.78 is 37.5. The second-order valence-electron chi connectivity index (χ2n) is 9.42. The fourth-order valence-corrected chi connectivity index (χ4v) is 5.17. The molecule has 9 nitrogen and oxygen atoms in total. The number of benzene rings is 3. The molecule has 3 aromatic rings. The molecule has 2 amide bonds. The van der Waals surface area contributed by atoms with Gasteiger partial charge in [0.1, 0.15) is 12.6 Å². The van der Waals surface area contributed by atoms with Crippen molar-refractivity contribution in [3.05, 3.63) is 89.5 Å². The minimum absolute atomic E-state index is 0.122. The Morgan fingerprint density at radius 2 is 1.55 bits per heavy atom. The number of sulfonamides is 1. The molecule has 10 heteroatoms. The van der Waals surface area contributed by atoms with E-state index in [1.165, 1.54) is 25.2 Å². The van der Waals surface area contributed by atoms with E-state index in [2.05, 4.69) is 5.32 Å². The molecular weight excluding hydrogens is 530 g/mol. The molecule has 3 rings (SSSR count). The second kappa shape index (κ2) is 13.8. The first-order valence-electron chi connectivity index (χ1n) is 12.9. The standard InChI is InChI=1S/C30H37N3O6S/c1-6-31-30(35)26(18-23-10-8-7-9-11-23)32(20-24-14-12-22(2)13-15-24)29(34)21-33(40(5,36)37)25-16-17-27(38-3)28(19-25)39-4/h7-17,19,26H,6,18,20-21H2,1-5H3,(H,31,35)/t26-/m0/s1. The van der Waals surface area contributed by atoms with Crippen LogP contribution in [0, 0.1) is 6.92 Å². The zero-order valence-electron chi connectivity index (χ0n) is 23.6. The Hall–Kier alpha value is -4.05. The summed E-state index contributed by atoms with van der Waals surface area (Å²) in [7, 11) is -0.971. The van der Waals surface area contributed by atoms with Crippen molar-refractivity contribution in [1.29, 1.82) is 0 Å². The van der Waals surface area contributed by atoms with Gasteiger partial charge in [-0.05, 0) is 37.1 Å². The highest BCUT2D eigenvalue weighted by atomic mass is 32.2. The van der Waals surface area contributed by atoms with E-state index in [0.29, 0.717) is 18.0 Å². The van der Waals surface area contributed by atoms with Gasteiger partial charge < -0.3 is 19.7 Å². The lowest BCUT2D eigenvalue weighted by Gasteiger charge is -2.33. The van der Waals surface area contributed by atoms with E-state index < -0.39 is 28.5 Å². The van der Waals surface area contributed by atoms with Gasteiger partial charge in [0.2, 0.25) is 21.8 Å². The van der Waals surface area contributed by atoms with Gasteiger partial charge in [-0.2, -0.15) is 0 Å². The minimum atomic E-state index is -3.90. The molecule has 40 heavy (non-hydrogen) atoms. The lowest BCUT2D eigenvalue weighted by molar-refractivity contribution is -0.140. The van der Waals surface area contributed by atoms with Gasteiger partial charge in [-0.25, -0.2) is 8.42 Å². The van der Waals surface area contributed by atoms with Gasteiger partial charge >= 0.3 is 0 Å². The molecule has 1 atom stereocenters. The molecule has 1 N–H and O–H groups in total. The van der Waals surface area contributed by atoms with Crippen LogP contribution in [0.4, 0.5) is 5.69 Å². The Kier molecular flexibility index (Phi) is 10.6. The van der Waals surface area contributed by atoms with Gasteiger partial charge in [-0.15, -0.1) is 0 Å². The average Bonchev–Trinajstić information content (AvgIpc) is 2.94. The number of carbonyl (C=O) groups excluding carboxylic acids is 2. The first kappa shape index (κ1) is 30.5. The Labute approximate surface area is 236 Å². The highest BCUT2D eigenvalue weighted by molar-refractivity contribution is 7.92. The van der Waals surface area contributed by atoms with Gasteiger partial charge in [0.15, 0.2) is 11.5 Å². The van der Waals surface area contributed by atoms with Crippen molar-refractivity contribution in [3.8, 4) is 11.5 Å². The summed E-state index contributed by atoms with van der Waals surface area (Å²) in [4.78, 5) is 28.9. The van der Waals surface area contributed by atoms with Crippen LogP contribution in [0.3, 0.4) is 0 Å². The minimum Gasteiger partial charge on any atom is -0.493 e. The normalized spacial score (nSPS) is 11.8. The Bertz CT molecular complexity index is 1390. The molecule has 0 aromatic heterocycles. The molecule has 0 bridgehead atoms. The Morgan fingerprint density at radius 1 is 0.900 bits per heavy atom. The summed E-state index contributed by atoms with van der Waals surface area (Å²) in [5.41, 5.74) is 2.99. The second-order valence-corrected chi connectivity index (χ2v) is 11.3. The number of likely N-dealkylation sites (N-methyl/N-ethyl adjacent to an activating group) is 1. The van der Waals surface area contributed by atoms with Crippen LogP contribution in [0.2, 0.25) is 0 Å². The first-order chi connectivity index (χ1) is 19.1. The molecule has 214 valence electrons. The predicted molar refractivity (Wildman–Crippen MR) is 156 cm³/mol. The molecule has 0 radical (unpaired) electrons. The SMILES string of the molecule is CCNC(=O)[C@H](Cc1ccccc1)N(Cc1ccc(C)cc1)C(=O)CN(c1ccc(OC)c(OC)c1)S(C)(=O)=O. The smallest absolute Gasteiger partial charge is 0.244 e. The number of ether oxygens (including phenoxy) is 2. The van der Waals surface area contributed by atoms with Crippen molar-refractivity contribution in [3.63, 3.8) is 0 Å². The van der Waals surface area contributed by atoms with Gasteiger partial charge in [0.25, 0.3) is 0 Å². The Morgan fingerprint density at radius 3 is 2.12 bits per heavy atom. The van der Waals surface area contributed by atoms with Crippen molar-refractivity contribution < 1.29 is 27.5 Å². The van der Waals surface area contributed by atoms with Crippen LogP contribution in [0.1, 0.15) is 23.6 Å². The largest absolute Gasteiger partial charge is 0.493 e. The predicted octanol–water partition coefficient (Wildman–Crippen LogP) is 3.55. The summed E-state index contributed by atoms with van der Waals surface area (Å²) in [6.07, 6.45) is 1.30. The highest BCUT2D eigenvalue weighted by Gasteiger charge is 2.33. The van der Waals surface area contributed by atoms with Crippen molar-refractivity contribution in [2.45, 2.75) is 32.9 Å². The monoisotopic (exact) mass is 567 g/mol. The van der Waals surface area contributed by atoms with Crippen LogP contribution in [0.15, 0.2) is 72.8 Å². The van der Waals surface area contributed by atoms with Crippen LogP contribution < -0.4 is 19.1 Å². The number of nitrogens with one attached hydrogen (secondary N) is 1. The zero-order chi connectivity index (χ0) is 29.3. The van der Waals surface area contributed by atoms with Crippen molar-refractivity contribution >= 4 is 27.5 Å². The van der Waals surface area contributed by atoms with Gasteiger partial charge in [0, 0.05) is 25.6 Å². The molecule has 0 spiro atoms. The van der Waals surface area contributed by atoms with Gasteiger partial charge in [0.05, 0.1) is 26.2 Å². The number of anilines is 1. The average molecular weight is 568 g/mol. The molecule has 0 aliphatic rings. The molecule has 0 saturated carbocycles. The summed E-state index contributed by atoms with van der Waals surface area (Å²) in [5.74, 6) is -0.0927. The summed E-state index contributed by atoms with van der Waals surface area (Å²) in [6, 6.07) is 20.8. The zero-order valence-corrected chi connectivity index (χ0v) is 24.4. The van der Waals surface area contributed by atoms with Gasteiger partial charge in [-0.3, -0.25) is 13.9 Å². The third kappa shape index (κ3) is 7.98. The molecule has 0 unspecified atom stereocenters. The van der Waals surface area contributed by atoms with E-state index in [1.54, 1.807) is 12.1 Å². The lowest BCUT2D eigenvalue weighted by Crippen LogP contribution is -2.53. The number of nitrogens with zero attached hydrogens (tertiary/aromatic N) is 2. The van der Waals surface area contributed by atoms with E-state index in [9.17, 15) is 18.0 Å². The number of rotatable bonds is 13. The van der Waals surface area contributed by atoms with Crippen LogP contribution in [0.25, 0.3) is 0 Å². The summed E-state index contributed by atoms with van der Waals surface area (Å²) in [5, 5.41) is 2.84. The number of hydrogen-bond acceptors (Lipinski definition) is 6. The van der Waals surface area contributed by atoms with Crippen molar-refractivity contribution in [2.24, 2.45) is 0 Å². The number of carbonyl (C=O) groups is 2. The van der Waals surface area contributed by atoms with E-state index in [1.807, 2.05) is 68.4 Å². The summed E-state index contributed by atoms with van der Waals surface area (Å²) in [6.45, 7) is 3.78. The van der Waals surface area contributed by atoms with E-state index in [0.717, 1.165) is 27.3 Å². The maximum absolute atomic E-state index is 14.0. The fraction of sp³-hybridized carbons (Fsp3) is 0.333. The van der Waals surface area contributed by atoms with E-state index >= 15 is 0 Å². The topological polar surface area (TPSA) is 105 Å². The van der Waals surface area contributed by atoms with E-state index in [-0.39, 0.29) is 24.6 Å². The van der Waals surface area contributed by atoms with Crippen LogP contribution in [0.5, 0.6) is 11.5 Å². The lowest BCUT2D eigenvalue weighted by atomic mass is 10.0. The molecule has 0 heterocycles. The summed E-state index contributed by atoms with van der Waals surface area (Å²) >= 11 is 0. The third-order valence-corrected chi connectivity index (χ3v) is 7.57. The van der Waals surface area contributed by atoms with Crippen LogP contribution in [-0.4, -0.2) is 64.7 Å². The third-order valence-electron chi connectivity index (χ3n) is 6.43. The first-order valence-corrected chi connectivity index (χ1v) is 14.8. The number of amides is 2. The van der Waals surface area contributed by atoms with Crippen LogP contribution in [-0.2, 0) is 32.6 Å². The van der Waals surface area contributed by atoms with Crippen LogP contribution >= 0.6 is 0 Å². The number of aryl methyl sites for hydroxylation is 1. The maximum atomic E-state index is 14.0. The number of methoxy groups -OCH3 is 2. The number of hydrogen-bond donors (Lipinski definition) is 1. The maximum Gasteiger partial charge on any atom is 0.244 e. The highest BCUT2D eigenvalue weighted by Crippen LogP contribution is 2.32. The molecule has 0 aliphatic carbocycles. The molecule has 3 aromatic carbocycles. The quantitative estimate of drug-likeness (QED) is 0.339. The van der Waals surface area contributed by atoms with Gasteiger partial charge in [-0.1, -0.05) is 60.2 Å². The molecular formula is C30H37N3O6S. The fourth-order valence-electron chi connectivity index (χ4n) is 4.33. The van der Waals surface area contributed by atoms with Crippen molar-refractivity contribution in [1.82, 2.24) is 10.2 Å². The Balaban J connectivity index is 2.05. The molecule has 0 fully saturated rings. The molecule has 0 aliphatic heterocycles. The molecule has 0 saturated heterocycles. The van der Waals surface area contributed by atoms with E-state index in [4.69, 9.17) is 9.47 Å². The van der Waals surface area contributed by atoms with Crippen molar-refractivity contribution in [2.75, 3.05) is 37.9 Å².